The molecule has 6 heteroatoms. The molecule has 6 nitrogen and oxygen atoms in total. The van der Waals surface area contributed by atoms with E-state index in [4.69, 9.17) is 4.52 Å². The minimum atomic E-state index is -0.299. The van der Waals surface area contributed by atoms with Gasteiger partial charge in [-0.3, -0.25) is 0 Å². The molecule has 1 atom stereocenters. The summed E-state index contributed by atoms with van der Waals surface area (Å²) in [5.74, 6) is 1.21. The number of nitrogens with zero attached hydrogens (tertiary/aromatic N) is 4. The van der Waals surface area contributed by atoms with E-state index in [1.807, 2.05) is 25.1 Å². The number of piperidine rings is 1. The Morgan fingerprint density at radius 3 is 2.72 bits per heavy atom. The molecule has 0 spiro atoms. The fourth-order valence-corrected chi connectivity index (χ4v) is 3.66. The quantitative estimate of drug-likeness (QED) is 0.788. The SMILES string of the molecule is Cc1noc2ncnc(N3CCC([C@@H](O)Cc4ccccc4)CC3)c12. The Morgan fingerprint density at radius 2 is 1.96 bits per heavy atom. The monoisotopic (exact) mass is 338 g/mol. The standard InChI is InChI=1S/C19H22N4O2/c1-13-17-18(20-12-21-19(17)25-22-13)23-9-7-15(8-10-23)16(24)11-14-5-3-2-4-6-14/h2-6,12,15-16,24H,7-11H2,1H3/t16-/m0/s1. The number of hydrogen-bond acceptors (Lipinski definition) is 6. The van der Waals surface area contributed by atoms with Crippen LogP contribution < -0.4 is 4.90 Å². The Balaban J connectivity index is 1.43. The van der Waals surface area contributed by atoms with E-state index in [2.05, 4.69) is 32.2 Å². The van der Waals surface area contributed by atoms with Gasteiger partial charge < -0.3 is 14.5 Å². The molecule has 2 aromatic heterocycles. The van der Waals surface area contributed by atoms with Crippen LogP contribution in [0.1, 0.15) is 24.1 Å². The molecule has 0 saturated carbocycles. The topological polar surface area (TPSA) is 75.3 Å². The van der Waals surface area contributed by atoms with E-state index in [1.165, 1.54) is 11.9 Å². The molecule has 1 N–H and O–H groups in total. The average molecular weight is 338 g/mol. The molecule has 0 unspecified atom stereocenters. The highest BCUT2D eigenvalue weighted by Gasteiger charge is 2.27. The molecule has 0 aliphatic carbocycles. The summed E-state index contributed by atoms with van der Waals surface area (Å²) in [7, 11) is 0. The molecule has 3 aromatic rings. The highest BCUT2D eigenvalue weighted by Crippen LogP contribution is 2.30. The van der Waals surface area contributed by atoms with Crippen LogP contribution >= 0.6 is 0 Å². The van der Waals surface area contributed by atoms with Crippen LogP contribution in [0, 0.1) is 12.8 Å². The first-order valence-corrected chi connectivity index (χ1v) is 8.76. The number of fused-ring (bicyclic) bond motifs is 1. The number of aliphatic hydroxyl groups excluding tert-OH is 1. The zero-order chi connectivity index (χ0) is 17.2. The molecule has 0 bridgehead atoms. The second kappa shape index (κ2) is 6.80. The normalized spacial score (nSPS) is 17.1. The van der Waals surface area contributed by atoms with Crippen LogP contribution in [0.4, 0.5) is 5.82 Å². The number of hydrogen-bond donors (Lipinski definition) is 1. The van der Waals surface area contributed by atoms with Crippen molar-refractivity contribution in [3.63, 3.8) is 0 Å². The summed E-state index contributed by atoms with van der Waals surface area (Å²) >= 11 is 0. The molecule has 0 amide bonds. The Labute approximate surface area is 146 Å². The number of aromatic nitrogens is 3. The van der Waals surface area contributed by atoms with Crippen LogP contribution in [0.2, 0.25) is 0 Å². The van der Waals surface area contributed by atoms with Gasteiger partial charge in [-0.1, -0.05) is 35.5 Å². The molecule has 130 valence electrons. The average Bonchev–Trinajstić information content (AvgIpc) is 3.04. The minimum absolute atomic E-state index is 0.299. The third-order valence-electron chi connectivity index (χ3n) is 5.09. The van der Waals surface area contributed by atoms with Crippen LogP contribution in [0.3, 0.4) is 0 Å². The van der Waals surface area contributed by atoms with Crippen molar-refractivity contribution in [3.8, 4) is 0 Å². The van der Waals surface area contributed by atoms with E-state index in [-0.39, 0.29) is 6.10 Å². The largest absolute Gasteiger partial charge is 0.392 e. The van der Waals surface area contributed by atoms with Gasteiger partial charge in [0.25, 0.3) is 5.71 Å². The van der Waals surface area contributed by atoms with Crippen LogP contribution in [-0.2, 0) is 6.42 Å². The summed E-state index contributed by atoms with van der Waals surface area (Å²) in [6.07, 6.45) is 3.84. The van der Waals surface area contributed by atoms with Crippen LogP contribution in [0.5, 0.6) is 0 Å². The summed E-state index contributed by atoms with van der Waals surface area (Å²) in [5, 5.41) is 15.5. The third kappa shape index (κ3) is 3.22. The highest BCUT2D eigenvalue weighted by molar-refractivity contribution is 5.87. The van der Waals surface area contributed by atoms with E-state index < -0.39 is 0 Å². The molecule has 0 radical (unpaired) electrons. The van der Waals surface area contributed by atoms with E-state index in [0.717, 1.165) is 42.8 Å². The maximum absolute atomic E-state index is 10.6. The molecular weight excluding hydrogens is 316 g/mol. The van der Waals surface area contributed by atoms with Crippen molar-refractivity contribution in [2.45, 2.75) is 32.3 Å². The van der Waals surface area contributed by atoms with Crippen LogP contribution in [-0.4, -0.2) is 39.4 Å². The minimum Gasteiger partial charge on any atom is -0.392 e. The Bertz CT molecular complexity index is 841. The van der Waals surface area contributed by atoms with Gasteiger partial charge in [0.2, 0.25) is 0 Å². The molecule has 1 fully saturated rings. The van der Waals surface area contributed by atoms with Crippen molar-refractivity contribution in [2.24, 2.45) is 5.92 Å². The molecule has 25 heavy (non-hydrogen) atoms. The number of benzene rings is 1. The second-order valence-electron chi connectivity index (χ2n) is 6.73. The predicted molar refractivity (Wildman–Crippen MR) is 95.4 cm³/mol. The lowest BCUT2D eigenvalue weighted by atomic mass is 9.88. The molecule has 1 aliphatic rings. The first kappa shape index (κ1) is 16.0. The number of aryl methyl sites for hydroxylation is 1. The lowest BCUT2D eigenvalue weighted by Crippen LogP contribution is -2.39. The number of aliphatic hydroxyl groups is 1. The van der Waals surface area contributed by atoms with E-state index in [0.29, 0.717) is 18.1 Å². The van der Waals surface area contributed by atoms with E-state index in [9.17, 15) is 5.11 Å². The number of rotatable bonds is 4. The summed E-state index contributed by atoms with van der Waals surface area (Å²) in [6, 6.07) is 10.2. The molecule has 1 saturated heterocycles. The highest BCUT2D eigenvalue weighted by atomic mass is 16.5. The molecule has 3 heterocycles. The maximum Gasteiger partial charge on any atom is 0.263 e. The lowest BCUT2D eigenvalue weighted by molar-refractivity contribution is 0.0929. The zero-order valence-electron chi connectivity index (χ0n) is 14.3. The Kier molecular flexibility index (Phi) is 4.36. The van der Waals surface area contributed by atoms with Crippen LogP contribution in [0.15, 0.2) is 41.2 Å². The smallest absolute Gasteiger partial charge is 0.263 e. The summed E-state index contributed by atoms with van der Waals surface area (Å²) in [4.78, 5) is 10.8. The second-order valence-corrected chi connectivity index (χ2v) is 6.73. The molecule has 4 rings (SSSR count). The maximum atomic E-state index is 10.6. The Morgan fingerprint density at radius 1 is 1.20 bits per heavy atom. The van der Waals surface area contributed by atoms with Gasteiger partial charge in [0.1, 0.15) is 17.5 Å². The fourth-order valence-electron chi connectivity index (χ4n) is 3.66. The summed E-state index contributed by atoms with van der Waals surface area (Å²) in [6.45, 7) is 3.65. The molecule has 1 aromatic carbocycles. The van der Waals surface area contributed by atoms with Crippen LogP contribution in [0.25, 0.3) is 11.1 Å². The first-order chi connectivity index (χ1) is 12.2. The van der Waals surface area contributed by atoms with Crippen molar-refractivity contribution >= 4 is 16.9 Å². The first-order valence-electron chi connectivity index (χ1n) is 8.76. The predicted octanol–water partition coefficient (Wildman–Crippen LogP) is 2.75. The lowest BCUT2D eigenvalue weighted by Gasteiger charge is -2.35. The molecular formula is C19H22N4O2. The van der Waals surface area contributed by atoms with Gasteiger partial charge in [0, 0.05) is 13.1 Å². The van der Waals surface area contributed by atoms with E-state index in [1.54, 1.807) is 0 Å². The summed E-state index contributed by atoms with van der Waals surface area (Å²) < 4.78 is 5.24. The summed E-state index contributed by atoms with van der Waals surface area (Å²) in [5.41, 5.74) is 2.54. The van der Waals surface area contributed by atoms with Gasteiger partial charge in [-0.25, -0.2) is 4.98 Å². The number of anilines is 1. The molecule has 1 aliphatic heterocycles. The van der Waals surface area contributed by atoms with Crippen molar-refractivity contribution in [1.29, 1.82) is 0 Å². The Hall–Kier alpha value is -2.47. The van der Waals surface area contributed by atoms with Crippen molar-refractivity contribution in [3.05, 3.63) is 47.9 Å². The van der Waals surface area contributed by atoms with Crippen molar-refractivity contribution in [1.82, 2.24) is 15.1 Å². The van der Waals surface area contributed by atoms with Gasteiger partial charge in [-0.15, -0.1) is 0 Å². The van der Waals surface area contributed by atoms with Gasteiger partial charge >= 0.3 is 0 Å². The van der Waals surface area contributed by atoms with Gasteiger partial charge in [-0.05, 0) is 37.7 Å². The zero-order valence-corrected chi connectivity index (χ0v) is 14.3. The van der Waals surface area contributed by atoms with Gasteiger partial charge in [0.05, 0.1) is 11.8 Å². The van der Waals surface area contributed by atoms with E-state index >= 15 is 0 Å². The van der Waals surface area contributed by atoms with Crippen molar-refractivity contribution < 1.29 is 9.63 Å². The van der Waals surface area contributed by atoms with Gasteiger partial charge in [0.15, 0.2) is 0 Å². The van der Waals surface area contributed by atoms with Crippen molar-refractivity contribution in [2.75, 3.05) is 18.0 Å². The van der Waals surface area contributed by atoms with Gasteiger partial charge in [-0.2, -0.15) is 4.98 Å². The third-order valence-corrected chi connectivity index (χ3v) is 5.09. The fraction of sp³-hybridized carbons (Fsp3) is 0.421.